The van der Waals surface area contributed by atoms with Crippen molar-refractivity contribution in [2.45, 2.75) is 79.2 Å². The van der Waals surface area contributed by atoms with Crippen molar-refractivity contribution in [1.29, 1.82) is 0 Å². The SMILES string of the molecule is CCC(CC)N1CCCCC(C(C)(C)CC)C1. The van der Waals surface area contributed by atoms with Crippen LogP contribution in [0.4, 0.5) is 0 Å². The highest BCUT2D eigenvalue weighted by molar-refractivity contribution is 4.84. The second-order valence-corrected chi connectivity index (χ2v) is 6.50. The Morgan fingerprint density at radius 3 is 2.29 bits per heavy atom. The van der Waals surface area contributed by atoms with Crippen molar-refractivity contribution in [3.63, 3.8) is 0 Å². The fourth-order valence-electron chi connectivity index (χ4n) is 3.23. The van der Waals surface area contributed by atoms with Gasteiger partial charge < -0.3 is 4.90 Å². The van der Waals surface area contributed by atoms with Gasteiger partial charge in [-0.1, -0.05) is 47.5 Å². The first-order valence-corrected chi connectivity index (χ1v) is 7.79. The van der Waals surface area contributed by atoms with Crippen molar-refractivity contribution in [1.82, 2.24) is 4.90 Å². The molecule has 1 aliphatic heterocycles. The summed E-state index contributed by atoms with van der Waals surface area (Å²) in [4.78, 5) is 2.79. The molecule has 0 N–H and O–H groups in total. The monoisotopic (exact) mass is 239 g/mol. The van der Waals surface area contributed by atoms with Crippen LogP contribution in [0.5, 0.6) is 0 Å². The van der Waals surface area contributed by atoms with Crippen molar-refractivity contribution in [3.8, 4) is 0 Å². The van der Waals surface area contributed by atoms with E-state index < -0.39 is 0 Å². The summed E-state index contributed by atoms with van der Waals surface area (Å²) in [6.45, 7) is 14.7. The number of hydrogen-bond donors (Lipinski definition) is 0. The van der Waals surface area contributed by atoms with E-state index in [1.165, 1.54) is 51.6 Å². The second kappa shape index (κ2) is 6.78. The Kier molecular flexibility index (Phi) is 5.99. The van der Waals surface area contributed by atoms with Crippen LogP contribution >= 0.6 is 0 Å². The summed E-state index contributed by atoms with van der Waals surface area (Å²) in [6, 6.07) is 0.822. The van der Waals surface area contributed by atoms with Gasteiger partial charge in [0.05, 0.1) is 0 Å². The summed E-state index contributed by atoms with van der Waals surface area (Å²) in [5.41, 5.74) is 0.522. The molecule has 1 heteroatoms. The quantitative estimate of drug-likeness (QED) is 0.671. The molecule has 1 fully saturated rings. The van der Waals surface area contributed by atoms with Gasteiger partial charge in [0, 0.05) is 12.6 Å². The minimum atomic E-state index is 0.522. The fraction of sp³-hybridized carbons (Fsp3) is 1.00. The molecule has 102 valence electrons. The number of nitrogens with zero attached hydrogens (tertiary/aromatic N) is 1. The molecule has 1 unspecified atom stereocenters. The molecule has 1 nitrogen and oxygen atoms in total. The topological polar surface area (TPSA) is 3.24 Å². The third kappa shape index (κ3) is 3.98. The van der Waals surface area contributed by atoms with Gasteiger partial charge in [0.15, 0.2) is 0 Å². The molecular formula is C16H33N. The average Bonchev–Trinajstić information content (AvgIpc) is 2.57. The van der Waals surface area contributed by atoms with Crippen LogP contribution in [-0.4, -0.2) is 24.0 Å². The highest BCUT2D eigenvalue weighted by Gasteiger charge is 2.31. The summed E-state index contributed by atoms with van der Waals surface area (Å²) in [6.07, 6.45) is 8.23. The van der Waals surface area contributed by atoms with Crippen LogP contribution in [0.2, 0.25) is 0 Å². The van der Waals surface area contributed by atoms with Crippen molar-refractivity contribution < 1.29 is 0 Å². The maximum Gasteiger partial charge on any atom is 0.00901 e. The van der Waals surface area contributed by atoms with Crippen molar-refractivity contribution >= 4 is 0 Å². The predicted octanol–water partition coefficient (Wildman–Crippen LogP) is 4.71. The summed E-state index contributed by atoms with van der Waals surface area (Å²) >= 11 is 0. The first-order chi connectivity index (χ1) is 8.05. The smallest absolute Gasteiger partial charge is 0.00901 e. The van der Waals surface area contributed by atoms with Crippen molar-refractivity contribution in [3.05, 3.63) is 0 Å². The molecule has 0 saturated carbocycles. The van der Waals surface area contributed by atoms with Crippen LogP contribution in [-0.2, 0) is 0 Å². The summed E-state index contributed by atoms with van der Waals surface area (Å²) in [5, 5.41) is 0. The molecule has 0 radical (unpaired) electrons. The molecule has 1 heterocycles. The molecule has 1 saturated heterocycles. The predicted molar refractivity (Wildman–Crippen MR) is 77.4 cm³/mol. The molecule has 0 bridgehead atoms. The first kappa shape index (κ1) is 15.0. The van der Waals surface area contributed by atoms with Crippen LogP contribution in [0.1, 0.15) is 73.1 Å². The van der Waals surface area contributed by atoms with Crippen molar-refractivity contribution in [2.24, 2.45) is 11.3 Å². The highest BCUT2D eigenvalue weighted by atomic mass is 15.2. The molecule has 1 rings (SSSR count). The van der Waals surface area contributed by atoms with Gasteiger partial charge >= 0.3 is 0 Å². The van der Waals surface area contributed by atoms with Gasteiger partial charge in [-0.2, -0.15) is 0 Å². The molecular weight excluding hydrogens is 206 g/mol. The van der Waals surface area contributed by atoms with Gasteiger partial charge in [0.1, 0.15) is 0 Å². The molecule has 0 aromatic heterocycles. The molecule has 0 amide bonds. The lowest BCUT2D eigenvalue weighted by Gasteiger charge is -2.38. The van der Waals surface area contributed by atoms with E-state index in [2.05, 4.69) is 39.5 Å². The van der Waals surface area contributed by atoms with E-state index >= 15 is 0 Å². The normalized spacial score (nSPS) is 24.0. The molecule has 17 heavy (non-hydrogen) atoms. The van der Waals surface area contributed by atoms with Gasteiger partial charge in [-0.25, -0.2) is 0 Å². The Morgan fingerprint density at radius 1 is 1.12 bits per heavy atom. The van der Waals surface area contributed by atoms with Crippen molar-refractivity contribution in [2.75, 3.05) is 13.1 Å². The second-order valence-electron chi connectivity index (χ2n) is 6.50. The summed E-state index contributed by atoms with van der Waals surface area (Å²) in [5.74, 6) is 0.899. The number of rotatable bonds is 5. The number of hydrogen-bond acceptors (Lipinski definition) is 1. The Labute approximate surface area is 109 Å². The fourth-order valence-corrected chi connectivity index (χ4v) is 3.23. The zero-order valence-electron chi connectivity index (χ0n) is 12.8. The zero-order valence-corrected chi connectivity index (χ0v) is 12.8. The maximum absolute atomic E-state index is 2.79. The maximum atomic E-state index is 2.79. The molecule has 1 atom stereocenters. The Bertz CT molecular complexity index is 206. The lowest BCUT2D eigenvalue weighted by atomic mass is 9.74. The molecule has 1 aliphatic rings. The van der Waals surface area contributed by atoms with Gasteiger partial charge in [-0.05, 0) is 43.6 Å². The van der Waals surface area contributed by atoms with E-state index in [4.69, 9.17) is 0 Å². The highest BCUT2D eigenvalue weighted by Crippen LogP contribution is 2.36. The van der Waals surface area contributed by atoms with Gasteiger partial charge in [0.2, 0.25) is 0 Å². The molecule has 0 aliphatic carbocycles. The van der Waals surface area contributed by atoms with E-state index in [0.29, 0.717) is 5.41 Å². The minimum Gasteiger partial charge on any atom is -0.300 e. The Balaban J connectivity index is 2.69. The van der Waals surface area contributed by atoms with Crippen LogP contribution in [0.3, 0.4) is 0 Å². The molecule has 0 aromatic carbocycles. The number of likely N-dealkylation sites (tertiary alicyclic amines) is 1. The first-order valence-electron chi connectivity index (χ1n) is 7.79. The minimum absolute atomic E-state index is 0.522. The summed E-state index contributed by atoms with van der Waals surface area (Å²) in [7, 11) is 0. The Morgan fingerprint density at radius 2 is 1.76 bits per heavy atom. The van der Waals surface area contributed by atoms with E-state index in [9.17, 15) is 0 Å². The van der Waals surface area contributed by atoms with Gasteiger partial charge in [0.25, 0.3) is 0 Å². The van der Waals surface area contributed by atoms with E-state index in [1.807, 2.05) is 0 Å². The molecule has 0 aromatic rings. The third-order valence-electron chi connectivity index (χ3n) is 5.18. The molecule has 0 spiro atoms. The standard InChI is InChI=1S/C16H33N/c1-6-15(7-2)17-12-10-9-11-14(13-17)16(4,5)8-3/h14-15H,6-13H2,1-5H3. The largest absolute Gasteiger partial charge is 0.300 e. The van der Waals surface area contributed by atoms with E-state index in [-0.39, 0.29) is 0 Å². The van der Waals surface area contributed by atoms with E-state index in [0.717, 1.165) is 12.0 Å². The van der Waals surface area contributed by atoms with Crippen LogP contribution in [0.15, 0.2) is 0 Å². The van der Waals surface area contributed by atoms with Gasteiger partial charge in [-0.15, -0.1) is 0 Å². The van der Waals surface area contributed by atoms with Crippen LogP contribution in [0, 0.1) is 11.3 Å². The zero-order chi connectivity index (χ0) is 12.9. The van der Waals surface area contributed by atoms with Gasteiger partial charge in [-0.3, -0.25) is 0 Å². The average molecular weight is 239 g/mol. The Hall–Kier alpha value is -0.0400. The summed E-state index contributed by atoms with van der Waals surface area (Å²) < 4.78 is 0. The van der Waals surface area contributed by atoms with E-state index in [1.54, 1.807) is 0 Å². The third-order valence-corrected chi connectivity index (χ3v) is 5.18. The lowest BCUT2D eigenvalue weighted by Crippen LogP contribution is -2.40. The van der Waals surface area contributed by atoms with Crippen LogP contribution in [0.25, 0.3) is 0 Å². The van der Waals surface area contributed by atoms with Crippen LogP contribution < -0.4 is 0 Å². The lowest BCUT2D eigenvalue weighted by molar-refractivity contribution is 0.108.